The Morgan fingerprint density at radius 1 is 0.313 bits per heavy atom. The Morgan fingerprint density at radius 2 is 0.582 bits per heavy atom. The second kappa shape index (κ2) is 54.9. The molecule has 0 saturated carbocycles. The summed E-state index contributed by atoms with van der Waals surface area (Å²) in [5.74, 6) is -0.914. The van der Waals surface area contributed by atoms with Crippen molar-refractivity contribution >= 4 is 17.9 Å². The second-order valence-electron chi connectivity index (χ2n) is 18.1. The molecule has 1 unspecified atom stereocenters. The van der Waals surface area contributed by atoms with Crippen LogP contribution in [-0.4, -0.2) is 37.2 Å². The highest BCUT2D eigenvalue weighted by Gasteiger charge is 2.19. The van der Waals surface area contributed by atoms with Gasteiger partial charge in [0.2, 0.25) is 0 Å². The maximum absolute atomic E-state index is 12.7. The number of hydrogen-bond acceptors (Lipinski definition) is 6. The molecule has 0 aromatic heterocycles. The summed E-state index contributed by atoms with van der Waals surface area (Å²) in [6.07, 6.45) is 72.7. The Kier molecular flexibility index (Phi) is 51.9. The zero-order valence-electron chi connectivity index (χ0n) is 43.6. The van der Waals surface area contributed by atoms with Crippen molar-refractivity contribution in [3.05, 3.63) is 97.2 Å². The van der Waals surface area contributed by atoms with Crippen LogP contribution in [0.1, 0.15) is 252 Å². The van der Waals surface area contributed by atoms with E-state index in [2.05, 4.69) is 118 Å². The minimum atomic E-state index is -0.785. The molecule has 0 N–H and O–H groups in total. The lowest BCUT2D eigenvalue weighted by Gasteiger charge is -2.18. The van der Waals surface area contributed by atoms with Crippen LogP contribution in [0.4, 0.5) is 0 Å². The Bertz CT molecular complexity index is 1350. The average molecular weight is 931 g/mol. The SMILES string of the molecule is CC/C=C\C/C=C\C/C=C\C/C=C\C/C=C\C/C=C\CCCCCCCCCCCCC(=O)OCC(COC(=O)CCCCCCC/C=C\CCC)OC(=O)CCCCCCC/C=C\CCC. The molecule has 382 valence electrons. The zero-order valence-corrected chi connectivity index (χ0v) is 43.6. The first-order valence-corrected chi connectivity index (χ1v) is 27.7. The van der Waals surface area contributed by atoms with Crippen LogP contribution in [0, 0.1) is 0 Å². The maximum atomic E-state index is 12.7. The molecular weight excluding hydrogens is 829 g/mol. The van der Waals surface area contributed by atoms with Crippen LogP contribution in [0.2, 0.25) is 0 Å². The van der Waals surface area contributed by atoms with Gasteiger partial charge in [-0.15, -0.1) is 0 Å². The average Bonchev–Trinajstić information content (AvgIpc) is 3.33. The van der Waals surface area contributed by atoms with Gasteiger partial charge >= 0.3 is 17.9 Å². The highest BCUT2D eigenvalue weighted by atomic mass is 16.6. The van der Waals surface area contributed by atoms with E-state index in [4.69, 9.17) is 14.2 Å². The molecule has 67 heavy (non-hydrogen) atoms. The largest absolute Gasteiger partial charge is 0.462 e. The number of esters is 3. The molecule has 0 amide bonds. The lowest BCUT2D eigenvalue weighted by atomic mass is 10.1. The van der Waals surface area contributed by atoms with Gasteiger partial charge in [0.15, 0.2) is 6.10 Å². The minimum Gasteiger partial charge on any atom is -0.462 e. The molecular formula is C61H102O6. The quantitative estimate of drug-likeness (QED) is 0.0262. The monoisotopic (exact) mass is 931 g/mol. The second-order valence-corrected chi connectivity index (χ2v) is 18.1. The first kappa shape index (κ1) is 63.3. The number of rotatable bonds is 49. The van der Waals surface area contributed by atoms with Crippen LogP contribution < -0.4 is 0 Å². The summed E-state index contributed by atoms with van der Waals surface area (Å²) < 4.78 is 16.7. The third-order valence-corrected chi connectivity index (χ3v) is 11.5. The van der Waals surface area contributed by atoms with Crippen LogP contribution in [0.3, 0.4) is 0 Å². The summed E-state index contributed by atoms with van der Waals surface area (Å²) in [5, 5.41) is 0. The molecule has 0 bridgehead atoms. The van der Waals surface area contributed by atoms with Gasteiger partial charge in [-0.05, 0) is 109 Å². The minimum absolute atomic E-state index is 0.0858. The van der Waals surface area contributed by atoms with Gasteiger partial charge in [0.05, 0.1) is 0 Å². The summed E-state index contributed by atoms with van der Waals surface area (Å²) >= 11 is 0. The molecule has 6 nitrogen and oxygen atoms in total. The molecule has 6 heteroatoms. The normalized spacial score (nSPS) is 12.8. The van der Waals surface area contributed by atoms with Crippen LogP contribution in [0.25, 0.3) is 0 Å². The predicted octanol–water partition coefficient (Wildman–Crippen LogP) is 18.5. The number of unbranched alkanes of at least 4 members (excludes halogenated alkanes) is 22. The van der Waals surface area contributed by atoms with Crippen molar-refractivity contribution in [2.75, 3.05) is 13.2 Å². The molecule has 1 atom stereocenters. The lowest BCUT2D eigenvalue weighted by Crippen LogP contribution is -2.30. The molecule has 0 aromatic carbocycles. The fourth-order valence-corrected chi connectivity index (χ4v) is 7.39. The van der Waals surface area contributed by atoms with Crippen LogP contribution in [-0.2, 0) is 28.6 Å². The molecule has 0 aliphatic heterocycles. The predicted molar refractivity (Wildman–Crippen MR) is 288 cm³/mol. The van der Waals surface area contributed by atoms with E-state index < -0.39 is 6.10 Å². The van der Waals surface area contributed by atoms with Crippen LogP contribution in [0.5, 0.6) is 0 Å². The van der Waals surface area contributed by atoms with Gasteiger partial charge in [0, 0.05) is 19.3 Å². The van der Waals surface area contributed by atoms with E-state index in [1.54, 1.807) is 0 Å². The molecule has 0 aliphatic carbocycles. The van der Waals surface area contributed by atoms with E-state index >= 15 is 0 Å². The van der Waals surface area contributed by atoms with Crippen molar-refractivity contribution in [2.45, 2.75) is 258 Å². The highest BCUT2D eigenvalue weighted by Crippen LogP contribution is 2.15. The van der Waals surface area contributed by atoms with Crippen molar-refractivity contribution < 1.29 is 28.6 Å². The van der Waals surface area contributed by atoms with Crippen molar-refractivity contribution in [2.24, 2.45) is 0 Å². The van der Waals surface area contributed by atoms with Crippen molar-refractivity contribution in [3.8, 4) is 0 Å². The Morgan fingerprint density at radius 3 is 0.925 bits per heavy atom. The van der Waals surface area contributed by atoms with E-state index in [1.165, 1.54) is 83.5 Å². The third kappa shape index (κ3) is 53.2. The van der Waals surface area contributed by atoms with Gasteiger partial charge in [0.1, 0.15) is 13.2 Å². The van der Waals surface area contributed by atoms with Crippen molar-refractivity contribution in [3.63, 3.8) is 0 Å². The topological polar surface area (TPSA) is 78.9 Å². The molecule has 0 aliphatic rings. The van der Waals surface area contributed by atoms with Crippen LogP contribution >= 0.6 is 0 Å². The number of carbonyl (C=O) groups excluding carboxylic acids is 3. The summed E-state index contributed by atoms with van der Waals surface area (Å²) in [4.78, 5) is 37.9. The van der Waals surface area contributed by atoms with Gasteiger partial charge in [-0.3, -0.25) is 14.4 Å². The molecule has 0 heterocycles. The summed E-state index contributed by atoms with van der Waals surface area (Å²) in [7, 11) is 0. The number of carbonyl (C=O) groups is 3. The van der Waals surface area contributed by atoms with Gasteiger partial charge < -0.3 is 14.2 Å². The van der Waals surface area contributed by atoms with Crippen molar-refractivity contribution in [1.82, 2.24) is 0 Å². The maximum Gasteiger partial charge on any atom is 0.306 e. The number of allylic oxidation sites excluding steroid dienone is 16. The fourth-order valence-electron chi connectivity index (χ4n) is 7.39. The molecule has 0 fully saturated rings. The van der Waals surface area contributed by atoms with Gasteiger partial charge in [-0.1, -0.05) is 221 Å². The van der Waals surface area contributed by atoms with E-state index in [0.29, 0.717) is 19.3 Å². The smallest absolute Gasteiger partial charge is 0.306 e. The number of hydrogen-bond donors (Lipinski definition) is 0. The molecule has 0 spiro atoms. The molecule has 0 rings (SSSR count). The summed E-state index contributed by atoms with van der Waals surface area (Å²) in [6, 6.07) is 0. The first-order valence-electron chi connectivity index (χ1n) is 27.7. The van der Waals surface area contributed by atoms with Crippen molar-refractivity contribution in [1.29, 1.82) is 0 Å². The van der Waals surface area contributed by atoms with Crippen LogP contribution in [0.15, 0.2) is 97.2 Å². The molecule has 0 radical (unpaired) electrons. The standard InChI is InChI=1S/C61H102O6/c1-4-7-10-13-16-19-22-23-24-25-26-27-28-29-30-31-32-33-34-35-36-37-38-39-40-43-45-48-51-54-60(63)66-57-58(67-61(64)55-52-49-46-42-21-18-15-12-9-6-3)56-65-59(62)53-50-47-44-41-20-17-14-11-8-5-2/h7,10-12,14-16,19,23-24,26-27,29-30,32-33,58H,4-6,8-9,13,17-18,20-22,25,28,31,34-57H2,1-3H3/b10-7-,14-11-,15-12-,19-16-,24-23-,27-26-,30-29-,33-32-. The first-order chi connectivity index (χ1) is 33.0. The van der Waals surface area contributed by atoms with E-state index in [9.17, 15) is 14.4 Å². The third-order valence-electron chi connectivity index (χ3n) is 11.5. The Labute approximate surface area is 413 Å². The van der Waals surface area contributed by atoms with E-state index in [-0.39, 0.29) is 31.1 Å². The van der Waals surface area contributed by atoms with E-state index in [1.807, 2.05) is 0 Å². The fraction of sp³-hybridized carbons (Fsp3) is 0.689. The van der Waals surface area contributed by atoms with E-state index in [0.717, 1.165) is 128 Å². The van der Waals surface area contributed by atoms with Gasteiger partial charge in [-0.25, -0.2) is 0 Å². The van der Waals surface area contributed by atoms with Gasteiger partial charge in [-0.2, -0.15) is 0 Å². The highest BCUT2D eigenvalue weighted by molar-refractivity contribution is 5.71. The number of ether oxygens (including phenoxy) is 3. The summed E-state index contributed by atoms with van der Waals surface area (Å²) in [5.41, 5.74) is 0. The molecule has 0 saturated heterocycles. The summed E-state index contributed by atoms with van der Waals surface area (Å²) in [6.45, 7) is 6.38. The lowest BCUT2D eigenvalue weighted by molar-refractivity contribution is -0.167. The Balaban J connectivity index is 4.15. The Hall–Kier alpha value is -3.67. The molecule has 0 aromatic rings. The van der Waals surface area contributed by atoms with Gasteiger partial charge in [0.25, 0.3) is 0 Å². The zero-order chi connectivity index (χ0) is 48.6.